The third-order valence-corrected chi connectivity index (χ3v) is 8.26. The fraction of sp³-hybridized carbons (Fsp3) is 0.385. The van der Waals surface area contributed by atoms with Gasteiger partial charge in [-0.2, -0.15) is 0 Å². The van der Waals surface area contributed by atoms with Gasteiger partial charge in [0.2, 0.25) is 0 Å². The molecule has 0 spiro atoms. The van der Waals surface area contributed by atoms with E-state index in [-0.39, 0.29) is 6.10 Å². The largest absolute Gasteiger partial charge is 0.481 e. The Labute approximate surface area is 212 Å². The van der Waals surface area contributed by atoms with Crippen LogP contribution in [0, 0.1) is 0 Å². The molecule has 1 saturated heterocycles. The zero-order valence-electron chi connectivity index (χ0n) is 19.5. The molecule has 0 saturated carbocycles. The number of hydrogen-bond acceptors (Lipinski definition) is 8. The van der Waals surface area contributed by atoms with E-state index in [0.29, 0.717) is 17.9 Å². The van der Waals surface area contributed by atoms with Crippen LogP contribution in [0.4, 0.5) is 0 Å². The standard InChI is InChI=1S/C26H27ClN4O3S/c1-2-21(32)23-12-19-26(35-23)17(3-4-29-19)18-11-16(27)9-15-10-22(34-24(15)18)25-20(30-14-33-25)13-31-7-5-28-6-8-31/h3-4,9,11-12,14,21-22,28,32H,2,5-8,10,13H2,1H3/t21?,22-/m1/s1. The summed E-state index contributed by atoms with van der Waals surface area (Å²) < 4.78 is 13.4. The van der Waals surface area contributed by atoms with Crippen molar-refractivity contribution in [2.75, 3.05) is 26.2 Å². The molecule has 2 aliphatic heterocycles. The molecule has 6 rings (SSSR count). The molecule has 9 heteroatoms. The molecule has 2 N–H and O–H groups in total. The molecule has 5 heterocycles. The van der Waals surface area contributed by atoms with Crippen LogP contribution in [0.1, 0.15) is 47.4 Å². The number of oxazole rings is 1. The molecule has 35 heavy (non-hydrogen) atoms. The van der Waals surface area contributed by atoms with E-state index in [9.17, 15) is 5.11 Å². The number of halogens is 1. The van der Waals surface area contributed by atoms with Crippen LogP contribution in [0.15, 0.2) is 41.3 Å². The second-order valence-corrected chi connectivity index (χ2v) is 10.6. The zero-order valence-corrected chi connectivity index (χ0v) is 21.0. The Hall–Kier alpha value is -2.49. The van der Waals surface area contributed by atoms with Gasteiger partial charge in [0.05, 0.1) is 16.3 Å². The van der Waals surface area contributed by atoms with Crippen LogP contribution < -0.4 is 10.1 Å². The molecule has 0 aliphatic carbocycles. The number of hydrogen-bond donors (Lipinski definition) is 2. The van der Waals surface area contributed by atoms with Gasteiger partial charge in [-0.3, -0.25) is 9.88 Å². The number of nitrogens with zero attached hydrogens (tertiary/aromatic N) is 3. The van der Waals surface area contributed by atoms with Crippen molar-refractivity contribution >= 4 is 33.2 Å². The third-order valence-electron chi connectivity index (χ3n) is 6.78. The molecule has 0 bridgehead atoms. The fourth-order valence-corrected chi connectivity index (χ4v) is 6.40. The Balaban J connectivity index is 1.35. The van der Waals surface area contributed by atoms with Crippen molar-refractivity contribution < 1.29 is 14.3 Å². The van der Waals surface area contributed by atoms with Gasteiger partial charge in [-0.1, -0.05) is 18.5 Å². The maximum absolute atomic E-state index is 10.4. The van der Waals surface area contributed by atoms with Crippen LogP contribution >= 0.6 is 22.9 Å². The minimum atomic E-state index is -0.492. The van der Waals surface area contributed by atoms with Gasteiger partial charge in [0.15, 0.2) is 18.3 Å². The van der Waals surface area contributed by atoms with E-state index in [1.54, 1.807) is 17.5 Å². The van der Waals surface area contributed by atoms with E-state index in [1.165, 1.54) is 6.39 Å². The molecule has 0 radical (unpaired) electrons. The number of pyridine rings is 1. The number of aliphatic hydroxyl groups excluding tert-OH is 1. The Morgan fingerprint density at radius 1 is 1.23 bits per heavy atom. The van der Waals surface area contributed by atoms with Crippen LogP contribution in [0.2, 0.25) is 5.02 Å². The minimum absolute atomic E-state index is 0.249. The lowest BCUT2D eigenvalue weighted by molar-refractivity contribution is 0.177. The number of thiophene rings is 1. The summed E-state index contributed by atoms with van der Waals surface area (Å²) >= 11 is 8.16. The van der Waals surface area contributed by atoms with Crippen molar-refractivity contribution in [3.63, 3.8) is 0 Å². The van der Waals surface area contributed by atoms with Crippen LogP contribution in [-0.4, -0.2) is 46.2 Å². The van der Waals surface area contributed by atoms with Crippen molar-refractivity contribution in [2.45, 2.75) is 38.5 Å². The zero-order chi connectivity index (χ0) is 23.9. The van der Waals surface area contributed by atoms with E-state index >= 15 is 0 Å². The molecule has 4 aromatic rings. The maximum atomic E-state index is 10.4. The molecule has 1 unspecified atom stereocenters. The number of piperazine rings is 1. The van der Waals surface area contributed by atoms with Gasteiger partial charge < -0.3 is 19.6 Å². The van der Waals surface area contributed by atoms with Crippen molar-refractivity contribution in [2.24, 2.45) is 0 Å². The lowest BCUT2D eigenvalue weighted by atomic mass is 10.00. The molecular formula is C26H27ClN4O3S. The van der Waals surface area contributed by atoms with Gasteiger partial charge in [0.1, 0.15) is 11.4 Å². The lowest BCUT2D eigenvalue weighted by Crippen LogP contribution is -2.43. The number of rotatable bonds is 6. The number of aromatic nitrogens is 2. The van der Waals surface area contributed by atoms with Crippen LogP contribution in [0.3, 0.4) is 0 Å². The van der Waals surface area contributed by atoms with Crippen molar-refractivity contribution in [1.29, 1.82) is 0 Å². The number of ether oxygens (including phenoxy) is 1. The van der Waals surface area contributed by atoms with Gasteiger partial charge >= 0.3 is 0 Å². The molecule has 1 aromatic carbocycles. The molecule has 3 aromatic heterocycles. The second kappa shape index (κ2) is 9.52. The summed E-state index contributed by atoms with van der Waals surface area (Å²) in [5.74, 6) is 1.61. The topological polar surface area (TPSA) is 83.7 Å². The van der Waals surface area contributed by atoms with E-state index in [1.807, 2.05) is 31.2 Å². The molecule has 1 fully saturated rings. The number of fused-ring (bicyclic) bond motifs is 2. The minimum Gasteiger partial charge on any atom is -0.481 e. The predicted octanol–water partition coefficient (Wildman–Crippen LogP) is 5.13. The molecular weight excluding hydrogens is 484 g/mol. The van der Waals surface area contributed by atoms with Crippen molar-refractivity contribution in [1.82, 2.24) is 20.2 Å². The van der Waals surface area contributed by atoms with Crippen LogP contribution in [0.25, 0.3) is 21.3 Å². The Bertz CT molecular complexity index is 1360. The summed E-state index contributed by atoms with van der Waals surface area (Å²) in [5.41, 5.74) is 4.79. The number of benzene rings is 1. The second-order valence-electron chi connectivity index (χ2n) is 9.09. The molecule has 2 aliphatic rings. The number of nitrogens with one attached hydrogen (secondary N) is 1. The Morgan fingerprint density at radius 3 is 2.91 bits per heavy atom. The summed E-state index contributed by atoms with van der Waals surface area (Å²) in [7, 11) is 0. The summed E-state index contributed by atoms with van der Waals surface area (Å²) in [6.45, 7) is 6.68. The summed E-state index contributed by atoms with van der Waals surface area (Å²) in [4.78, 5) is 12.4. The highest BCUT2D eigenvalue weighted by atomic mass is 35.5. The normalized spacial score (nSPS) is 19.1. The summed E-state index contributed by atoms with van der Waals surface area (Å²) in [6.07, 6.45) is 3.91. The van der Waals surface area contributed by atoms with Crippen molar-refractivity contribution in [3.05, 3.63) is 63.8 Å². The SMILES string of the molecule is CCC(O)c1cc2nccc(-c3cc(Cl)cc4c3O[C@@H](c3ocnc3CN3CCNCC3)C4)c2s1. The maximum Gasteiger partial charge on any atom is 0.181 e. The van der Waals surface area contributed by atoms with Gasteiger partial charge in [-0.05, 0) is 30.7 Å². The van der Waals surface area contributed by atoms with Crippen LogP contribution in [0.5, 0.6) is 5.75 Å². The smallest absolute Gasteiger partial charge is 0.181 e. The quantitative estimate of drug-likeness (QED) is 0.372. The summed E-state index contributed by atoms with van der Waals surface area (Å²) in [6, 6.07) is 7.90. The third kappa shape index (κ3) is 4.34. The predicted molar refractivity (Wildman–Crippen MR) is 137 cm³/mol. The van der Waals surface area contributed by atoms with E-state index in [2.05, 4.69) is 20.2 Å². The van der Waals surface area contributed by atoms with Gasteiger partial charge in [0, 0.05) is 71.9 Å². The first kappa shape index (κ1) is 22.9. The molecule has 2 atom stereocenters. The molecule has 0 amide bonds. The Morgan fingerprint density at radius 2 is 2.09 bits per heavy atom. The monoisotopic (exact) mass is 510 g/mol. The van der Waals surface area contributed by atoms with E-state index in [4.69, 9.17) is 20.8 Å². The van der Waals surface area contributed by atoms with E-state index < -0.39 is 6.10 Å². The Kier molecular flexibility index (Phi) is 6.24. The van der Waals surface area contributed by atoms with Crippen LogP contribution in [-0.2, 0) is 13.0 Å². The highest BCUT2D eigenvalue weighted by Gasteiger charge is 2.33. The average Bonchev–Trinajstić information content (AvgIpc) is 3.61. The van der Waals surface area contributed by atoms with Gasteiger partial charge in [0.25, 0.3) is 0 Å². The molecule has 182 valence electrons. The average molecular weight is 511 g/mol. The lowest BCUT2D eigenvalue weighted by Gasteiger charge is -2.26. The first-order chi connectivity index (χ1) is 17.1. The number of aliphatic hydroxyl groups is 1. The highest BCUT2D eigenvalue weighted by molar-refractivity contribution is 7.19. The highest BCUT2D eigenvalue weighted by Crippen LogP contribution is 2.48. The first-order valence-corrected chi connectivity index (χ1v) is 13.2. The first-order valence-electron chi connectivity index (χ1n) is 12.0. The summed E-state index contributed by atoms with van der Waals surface area (Å²) in [5, 5.41) is 14.4. The van der Waals surface area contributed by atoms with Gasteiger partial charge in [-0.25, -0.2) is 4.98 Å². The fourth-order valence-electron chi connectivity index (χ4n) is 4.94. The van der Waals surface area contributed by atoms with E-state index in [0.717, 1.165) is 81.7 Å². The molecule has 7 nitrogen and oxygen atoms in total. The van der Waals surface area contributed by atoms with Crippen molar-refractivity contribution in [3.8, 4) is 16.9 Å². The van der Waals surface area contributed by atoms with Gasteiger partial charge in [-0.15, -0.1) is 11.3 Å².